The van der Waals surface area contributed by atoms with Gasteiger partial charge >= 0.3 is 6.03 Å². The molecule has 13 heavy (non-hydrogen) atoms. The van der Waals surface area contributed by atoms with Gasteiger partial charge in [0.2, 0.25) is 0 Å². The molecule has 2 amide bonds. The number of hydrogen-bond acceptors (Lipinski definition) is 2. The van der Waals surface area contributed by atoms with Gasteiger partial charge in [-0.25, -0.2) is 4.79 Å². The minimum Gasteiger partial charge on any atom is -0.376 e. The second-order valence-electron chi connectivity index (χ2n) is 3.54. The number of amides is 2. The average Bonchev–Trinajstić information content (AvgIpc) is 2.17. The summed E-state index contributed by atoms with van der Waals surface area (Å²) in [5.41, 5.74) is 0. The standard InChI is InChI=1S/C9H18N2O2/c1-7-4-5-8(6-13-7)11(3)9(12)10-2/h7-8H,4-6H2,1-3H3,(H,10,12). The predicted molar refractivity (Wildman–Crippen MR) is 50.7 cm³/mol. The molecule has 0 aliphatic carbocycles. The molecular weight excluding hydrogens is 168 g/mol. The first-order chi connectivity index (χ1) is 6.15. The fourth-order valence-corrected chi connectivity index (χ4v) is 1.52. The van der Waals surface area contributed by atoms with Crippen LogP contribution in [0.15, 0.2) is 0 Å². The number of rotatable bonds is 1. The lowest BCUT2D eigenvalue weighted by molar-refractivity contribution is -0.0125. The summed E-state index contributed by atoms with van der Waals surface area (Å²) in [7, 11) is 3.45. The number of hydrogen-bond donors (Lipinski definition) is 1. The highest BCUT2D eigenvalue weighted by Crippen LogP contribution is 2.16. The Bertz CT molecular complexity index is 176. The molecule has 1 N–H and O–H groups in total. The van der Waals surface area contributed by atoms with Crippen LogP contribution in [0.4, 0.5) is 4.79 Å². The third-order valence-corrected chi connectivity index (χ3v) is 2.56. The molecule has 2 atom stereocenters. The highest BCUT2D eigenvalue weighted by molar-refractivity contribution is 5.73. The van der Waals surface area contributed by atoms with E-state index < -0.39 is 0 Å². The van der Waals surface area contributed by atoms with E-state index in [1.54, 1.807) is 11.9 Å². The molecule has 76 valence electrons. The summed E-state index contributed by atoms with van der Waals surface area (Å²) in [6, 6.07) is 0.194. The van der Waals surface area contributed by atoms with Gasteiger partial charge in [-0.3, -0.25) is 0 Å². The van der Waals surface area contributed by atoms with Crippen LogP contribution in [0.2, 0.25) is 0 Å². The van der Waals surface area contributed by atoms with E-state index in [0.29, 0.717) is 12.7 Å². The fourth-order valence-electron chi connectivity index (χ4n) is 1.52. The second kappa shape index (κ2) is 4.46. The third-order valence-electron chi connectivity index (χ3n) is 2.56. The van der Waals surface area contributed by atoms with Gasteiger partial charge in [0.1, 0.15) is 0 Å². The summed E-state index contributed by atoms with van der Waals surface area (Å²) in [5.74, 6) is 0. The molecule has 0 aromatic carbocycles. The van der Waals surface area contributed by atoms with Crippen LogP contribution in [0.5, 0.6) is 0 Å². The summed E-state index contributed by atoms with van der Waals surface area (Å²) in [6.45, 7) is 2.72. The predicted octanol–water partition coefficient (Wildman–Crippen LogP) is 0.825. The van der Waals surface area contributed by atoms with E-state index in [0.717, 1.165) is 12.8 Å². The Morgan fingerprint density at radius 3 is 2.69 bits per heavy atom. The summed E-state index contributed by atoms with van der Waals surface area (Å²) >= 11 is 0. The molecule has 0 radical (unpaired) electrons. The quantitative estimate of drug-likeness (QED) is 0.659. The van der Waals surface area contributed by atoms with Crippen LogP contribution in [0.3, 0.4) is 0 Å². The Hall–Kier alpha value is -0.770. The second-order valence-corrected chi connectivity index (χ2v) is 3.54. The van der Waals surface area contributed by atoms with Crippen molar-refractivity contribution in [3.05, 3.63) is 0 Å². The lowest BCUT2D eigenvalue weighted by atomic mass is 10.1. The van der Waals surface area contributed by atoms with Crippen molar-refractivity contribution in [1.82, 2.24) is 10.2 Å². The van der Waals surface area contributed by atoms with Crippen LogP contribution < -0.4 is 5.32 Å². The van der Waals surface area contributed by atoms with Crippen LogP contribution in [-0.4, -0.2) is 43.8 Å². The first-order valence-corrected chi connectivity index (χ1v) is 4.71. The van der Waals surface area contributed by atoms with E-state index >= 15 is 0 Å². The fraction of sp³-hybridized carbons (Fsp3) is 0.889. The van der Waals surface area contributed by atoms with Crippen molar-refractivity contribution in [3.8, 4) is 0 Å². The molecule has 1 heterocycles. The van der Waals surface area contributed by atoms with Crippen molar-refractivity contribution in [2.45, 2.75) is 31.9 Å². The van der Waals surface area contributed by atoms with Gasteiger partial charge in [-0.1, -0.05) is 0 Å². The Balaban J connectivity index is 2.39. The van der Waals surface area contributed by atoms with Gasteiger partial charge in [0.15, 0.2) is 0 Å². The highest BCUT2D eigenvalue weighted by atomic mass is 16.5. The van der Waals surface area contributed by atoms with Crippen molar-refractivity contribution >= 4 is 6.03 Å². The third kappa shape index (κ3) is 2.59. The van der Waals surface area contributed by atoms with E-state index in [9.17, 15) is 4.79 Å². The monoisotopic (exact) mass is 186 g/mol. The molecule has 0 aromatic heterocycles. The van der Waals surface area contributed by atoms with Gasteiger partial charge in [-0.05, 0) is 19.8 Å². The van der Waals surface area contributed by atoms with Gasteiger partial charge < -0.3 is 15.0 Å². The van der Waals surface area contributed by atoms with E-state index in [1.165, 1.54) is 0 Å². The van der Waals surface area contributed by atoms with Crippen LogP contribution in [0, 0.1) is 0 Å². The van der Waals surface area contributed by atoms with Crippen molar-refractivity contribution in [3.63, 3.8) is 0 Å². The topological polar surface area (TPSA) is 41.6 Å². The molecule has 1 aliphatic heterocycles. The van der Waals surface area contributed by atoms with Crippen molar-refractivity contribution < 1.29 is 9.53 Å². The van der Waals surface area contributed by atoms with E-state index in [1.807, 2.05) is 7.05 Å². The highest BCUT2D eigenvalue weighted by Gasteiger charge is 2.24. The maximum Gasteiger partial charge on any atom is 0.317 e. The zero-order valence-electron chi connectivity index (χ0n) is 8.54. The minimum atomic E-state index is -0.0387. The molecule has 4 heteroatoms. The molecule has 1 aliphatic rings. The Labute approximate surface area is 79.2 Å². The Kier molecular flexibility index (Phi) is 3.54. The van der Waals surface area contributed by atoms with Crippen molar-refractivity contribution in [2.24, 2.45) is 0 Å². The number of nitrogens with zero attached hydrogens (tertiary/aromatic N) is 1. The largest absolute Gasteiger partial charge is 0.376 e. The van der Waals surface area contributed by atoms with Gasteiger partial charge in [0, 0.05) is 14.1 Å². The lowest BCUT2D eigenvalue weighted by Gasteiger charge is -2.33. The molecule has 4 nitrogen and oxygen atoms in total. The first kappa shape index (κ1) is 10.3. The lowest BCUT2D eigenvalue weighted by Crippen LogP contribution is -2.47. The van der Waals surface area contributed by atoms with E-state index in [-0.39, 0.29) is 12.1 Å². The Morgan fingerprint density at radius 2 is 2.23 bits per heavy atom. The number of carbonyl (C=O) groups is 1. The molecule has 0 saturated carbocycles. The molecule has 0 aromatic rings. The minimum absolute atomic E-state index is 0.0387. The Morgan fingerprint density at radius 1 is 1.54 bits per heavy atom. The molecular formula is C9H18N2O2. The summed E-state index contributed by atoms with van der Waals surface area (Å²) in [6.07, 6.45) is 2.41. The number of nitrogens with one attached hydrogen (secondary N) is 1. The van der Waals surface area contributed by atoms with Gasteiger partial charge in [0.25, 0.3) is 0 Å². The van der Waals surface area contributed by atoms with Crippen LogP contribution in [0.25, 0.3) is 0 Å². The van der Waals surface area contributed by atoms with Gasteiger partial charge in [-0.15, -0.1) is 0 Å². The SMILES string of the molecule is CNC(=O)N(C)C1CCC(C)OC1. The van der Waals surface area contributed by atoms with Crippen molar-refractivity contribution in [2.75, 3.05) is 20.7 Å². The summed E-state index contributed by atoms with van der Waals surface area (Å²) in [5, 5.41) is 2.60. The molecule has 2 unspecified atom stereocenters. The van der Waals surface area contributed by atoms with Crippen LogP contribution >= 0.6 is 0 Å². The number of carbonyl (C=O) groups excluding carboxylic acids is 1. The van der Waals surface area contributed by atoms with E-state index in [2.05, 4.69) is 12.2 Å². The van der Waals surface area contributed by atoms with Crippen molar-refractivity contribution in [1.29, 1.82) is 0 Å². The van der Waals surface area contributed by atoms with Crippen LogP contribution in [0.1, 0.15) is 19.8 Å². The maximum absolute atomic E-state index is 11.3. The zero-order chi connectivity index (χ0) is 9.84. The number of ether oxygens (including phenoxy) is 1. The molecule has 1 fully saturated rings. The van der Waals surface area contributed by atoms with E-state index in [4.69, 9.17) is 4.74 Å². The van der Waals surface area contributed by atoms with Gasteiger partial charge in [0.05, 0.1) is 18.8 Å². The zero-order valence-corrected chi connectivity index (χ0v) is 8.54. The maximum atomic E-state index is 11.3. The summed E-state index contributed by atoms with van der Waals surface area (Å²) in [4.78, 5) is 13.0. The molecule has 1 rings (SSSR count). The first-order valence-electron chi connectivity index (χ1n) is 4.71. The molecule has 0 spiro atoms. The molecule has 1 saturated heterocycles. The average molecular weight is 186 g/mol. The normalized spacial score (nSPS) is 28.2. The van der Waals surface area contributed by atoms with Gasteiger partial charge in [-0.2, -0.15) is 0 Å². The smallest absolute Gasteiger partial charge is 0.317 e. The number of urea groups is 1. The number of likely N-dealkylation sites (N-methyl/N-ethyl adjacent to an activating group) is 1. The van der Waals surface area contributed by atoms with Crippen LogP contribution in [-0.2, 0) is 4.74 Å². The summed E-state index contributed by atoms with van der Waals surface area (Å²) < 4.78 is 5.48. The molecule has 0 bridgehead atoms.